The van der Waals surface area contributed by atoms with Crippen molar-refractivity contribution in [1.82, 2.24) is 9.55 Å². The summed E-state index contributed by atoms with van der Waals surface area (Å²) in [6, 6.07) is 3.64. The van der Waals surface area contributed by atoms with Gasteiger partial charge in [-0.2, -0.15) is 0 Å². The van der Waals surface area contributed by atoms with Crippen molar-refractivity contribution in [3.8, 4) is 0 Å². The summed E-state index contributed by atoms with van der Waals surface area (Å²) < 4.78 is 1.79. The van der Waals surface area contributed by atoms with E-state index in [4.69, 9.17) is 0 Å². The van der Waals surface area contributed by atoms with Gasteiger partial charge < -0.3 is 4.57 Å². The summed E-state index contributed by atoms with van der Waals surface area (Å²) in [4.78, 5) is 15.9. The molecular formula is C10H8N2O. The molecule has 2 aromatic rings. The highest BCUT2D eigenvalue weighted by atomic mass is 16.1. The van der Waals surface area contributed by atoms with Crippen molar-refractivity contribution in [3.63, 3.8) is 0 Å². The van der Waals surface area contributed by atoms with Gasteiger partial charge in [0.1, 0.15) is 0 Å². The lowest BCUT2D eigenvalue weighted by Gasteiger charge is -1.96. The number of aromatic nitrogens is 2. The molecule has 3 heteroatoms. The average molecular weight is 172 g/mol. The molecule has 1 aliphatic heterocycles. The SMILES string of the molecule is Cc1c2n(c(=O)c3cccnc13)C2. The smallest absolute Gasteiger partial charge is 0.260 e. The molecule has 64 valence electrons. The van der Waals surface area contributed by atoms with E-state index < -0.39 is 0 Å². The van der Waals surface area contributed by atoms with Crippen LogP contribution in [0.1, 0.15) is 11.3 Å². The summed E-state index contributed by atoms with van der Waals surface area (Å²) in [6.07, 6.45) is 1.73. The Hall–Kier alpha value is -1.64. The lowest BCUT2D eigenvalue weighted by atomic mass is 10.2. The predicted octanol–water partition coefficient (Wildman–Crippen LogP) is 1.07. The second-order valence-electron chi connectivity index (χ2n) is 3.36. The Bertz CT molecular complexity index is 569. The zero-order chi connectivity index (χ0) is 9.00. The summed E-state index contributed by atoms with van der Waals surface area (Å²) in [7, 11) is 0. The van der Waals surface area contributed by atoms with E-state index in [9.17, 15) is 4.79 Å². The Morgan fingerprint density at radius 2 is 2.38 bits per heavy atom. The van der Waals surface area contributed by atoms with Crippen LogP contribution in [0, 0.1) is 6.92 Å². The van der Waals surface area contributed by atoms with Gasteiger partial charge in [-0.3, -0.25) is 9.78 Å². The lowest BCUT2D eigenvalue weighted by molar-refractivity contribution is 1.06. The molecule has 1 aliphatic rings. The van der Waals surface area contributed by atoms with E-state index in [0.717, 1.165) is 28.7 Å². The van der Waals surface area contributed by atoms with Crippen molar-refractivity contribution < 1.29 is 0 Å². The molecular weight excluding hydrogens is 164 g/mol. The Kier molecular flexibility index (Phi) is 1.05. The number of aryl methyl sites for hydroxylation is 1. The molecule has 3 nitrogen and oxygen atoms in total. The van der Waals surface area contributed by atoms with E-state index in [1.807, 2.05) is 13.0 Å². The quantitative estimate of drug-likeness (QED) is 0.508. The van der Waals surface area contributed by atoms with Crippen LogP contribution in [-0.4, -0.2) is 9.55 Å². The van der Waals surface area contributed by atoms with E-state index in [1.165, 1.54) is 0 Å². The third-order valence-electron chi connectivity index (χ3n) is 2.60. The van der Waals surface area contributed by atoms with Crippen molar-refractivity contribution in [3.05, 3.63) is 39.9 Å². The molecule has 13 heavy (non-hydrogen) atoms. The summed E-state index contributed by atoms with van der Waals surface area (Å²) in [6.45, 7) is 2.81. The summed E-state index contributed by atoms with van der Waals surface area (Å²) in [5, 5.41) is 0.737. The first-order valence-electron chi connectivity index (χ1n) is 4.26. The molecule has 0 atom stereocenters. The molecule has 0 aliphatic carbocycles. The van der Waals surface area contributed by atoms with Gasteiger partial charge in [-0.25, -0.2) is 0 Å². The minimum absolute atomic E-state index is 0.101. The van der Waals surface area contributed by atoms with Crippen molar-refractivity contribution in [2.24, 2.45) is 0 Å². The first kappa shape index (κ1) is 6.83. The van der Waals surface area contributed by atoms with Gasteiger partial charge in [0.15, 0.2) is 0 Å². The standard InChI is InChI=1S/C10H8N2O/c1-6-8-5-12(8)10(13)7-3-2-4-11-9(6)7/h2-4H,5H2,1H3. The maximum Gasteiger partial charge on any atom is 0.260 e. The minimum Gasteiger partial charge on any atom is -0.304 e. The highest BCUT2D eigenvalue weighted by Gasteiger charge is 2.23. The topological polar surface area (TPSA) is 34.9 Å². The predicted molar refractivity (Wildman–Crippen MR) is 49.8 cm³/mol. The summed E-state index contributed by atoms with van der Waals surface area (Å²) in [5.41, 5.74) is 3.24. The maximum absolute atomic E-state index is 11.7. The fourth-order valence-corrected chi connectivity index (χ4v) is 1.79. The van der Waals surface area contributed by atoms with E-state index >= 15 is 0 Å². The number of fused-ring (bicyclic) bond motifs is 2. The van der Waals surface area contributed by atoms with Crippen LogP contribution in [0.3, 0.4) is 0 Å². The first-order chi connectivity index (χ1) is 6.29. The van der Waals surface area contributed by atoms with Crippen LogP contribution in [0.4, 0.5) is 0 Å². The molecule has 3 heterocycles. The van der Waals surface area contributed by atoms with Crippen molar-refractivity contribution in [2.45, 2.75) is 13.5 Å². The molecule has 0 fully saturated rings. The van der Waals surface area contributed by atoms with Gasteiger partial charge in [0, 0.05) is 11.9 Å². The monoisotopic (exact) mass is 172 g/mol. The highest BCUT2D eigenvalue weighted by Crippen LogP contribution is 2.24. The normalized spacial score (nSPS) is 13.0. The van der Waals surface area contributed by atoms with E-state index in [2.05, 4.69) is 4.98 Å². The van der Waals surface area contributed by atoms with Crippen LogP contribution in [0.25, 0.3) is 10.9 Å². The molecule has 0 spiro atoms. The molecule has 0 aromatic carbocycles. The molecule has 3 rings (SSSR count). The summed E-state index contributed by atoms with van der Waals surface area (Å²) in [5.74, 6) is 0. The summed E-state index contributed by atoms with van der Waals surface area (Å²) >= 11 is 0. The fourth-order valence-electron chi connectivity index (χ4n) is 1.79. The molecule has 0 saturated carbocycles. The lowest BCUT2D eigenvalue weighted by Crippen LogP contribution is -2.08. The van der Waals surface area contributed by atoms with Crippen LogP contribution < -0.4 is 5.56 Å². The molecule has 0 saturated heterocycles. The van der Waals surface area contributed by atoms with Crippen LogP contribution >= 0.6 is 0 Å². The van der Waals surface area contributed by atoms with E-state index in [1.54, 1.807) is 16.8 Å². The van der Waals surface area contributed by atoms with Gasteiger partial charge in [-0.05, 0) is 24.6 Å². The highest BCUT2D eigenvalue weighted by molar-refractivity contribution is 5.82. The van der Waals surface area contributed by atoms with Crippen molar-refractivity contribution in [1.29, 1.82) is 0 Å². The van der Waals surface area contributed by atoms with Crippen LogP contribution in [-0.2, 0) is 6.54 Å². The van der Waals surface area contributed by atoms with Crippen molar-refractivity contribution in [2.75, 3.05) is 0 Å². The third kappa shape index (κ3) is 0.736. The second-order valence-corrected chi connectivity index (χ2v) is 3.36. The molecule has 0 radical (unpaired) electrons. The molecule has 0 N–H and O–H groups in total. The van der Waals surface area contributed by atoms with Gasteiger partial charge in [0.05, 0.1) is 17.4 Å². The number of hydrogen-bond donors (Lipinski definition) is 0. The number of rotatable bonds is 0. The van der Waals surface area contributed by atoms with Crippen LogP contribution in [0.2, 0.25) is 0 Å². The second kappa shape index (κ2) is 1.99. The zero-order valence-corrected chi connectivity index (χ0v) is 7.24. The average Bonchev–Trinajstić information content (AvgIpc) is 2.94. The Morgan fingerprint density at radius 1 is 1.54 bits per heavy atom. The van der Waals surface area contributed by atoms with Gasteiger partial charge in [0.2, 0.25) is 0 Å². The molecule has 0 bridgehead atoms. The maximum atomic E-state index is 11.7. The minimum atomic E-state index is 0.101. The largest absolute Gasteiger partial charge is 0.304 e. The Morgan fingerprint density at radius 3 is 3.23 bits per heavy atom. The zero-order valence-electron chi connectivity index (χ0n) is 7.24. The fraction of sp³-hybridized carbons (Fsp3) is 0.200. The van der Waals surface area contributed by atoms with Gasteiger partial charge in [-0.15, -0.1) is 0 Å². The Labute approximate surface area is 74.6 Å². The number of pyridine rings is 2. The molecule has 0 amide bonds. The van der Waals surface area contributed by atoms with Gasteiger partial charge in [0.25, 0.3) is 5.56 Å². The number of nitrogens with zero attached hydrogens (tertiary/aromatic N) is 2. The molecule has 2 aromatic heterocycles. The molecule has 0 unspecified atom stereocenters. The van der Waals surface area contributed by atoms with Gasteiger partial charge >= 0.3 is 0 Å². The van der Waals surface area contributed by atoms with Crippen molar-refractivity contribution >= 4 is 10.9 Å². The van der Waals surface area contributed by atoms with Crippen LogP contribution in [0.15, 0.2) is 23.1 Å². The van der Waals surface area contributed by atoms with E-state index in [0.29, 0.717) is 0 Å². The van der Waals surface area contributed by atoms with Crippen LogP contribution in [0.5, 0.6) is 0 Å². The van der Waals surface area contributed by atoms with E-state index in [-0.39, 0.29) is 5.56 Å². The number of hydrogen-bond acceptors (Lipinski definition) is 2. The Balaban J connectivity index is 2.66. The third-order valence-corrected chi connectivity index (χ3v) is 2.60. The first-order valence-corrected chi connectivity index (χ1v) is 4.26. The van der Waals surface area contributed by atoms with Gasteiger partial charge in [-0.1, -0.05) is 0 Å².